The van der Waals surface area contributed by atoms with Crippen LogP contribution in [0.4, 0.5) is 5.13 Å². The molecule has 0 bridgehead atoms. The van der Waals surface area contributed by atoms with E-state index in [-0.39, 0.29) is 5.91 Å². The van der Waals surface area contributed by atoms with Crippen molar-refractivity contribution in [2.75, 3.05) is 11.9 Å². The van der Waals surface area contributed by atoms with Gasteiger partial charge in [-0.25, -0.2) is 0 Å². The standard InChI is InChI=1S/C17H20N4O2S/c1-5-21-14-8-7-12(23-6-2)9-13(14)10(3)15(21)16(22)18-17-20-19-11(4)24-17/h7-9H,5-6H2,1-4H3,(H,18,20,22). The Bertz CT molecular complexity index is 898. The molecule has 0 fully saturated rings. The van der Waals surface area contributed by atoms with Crippen molar-refractivity contribution in [2.45, 2.75) is 34.2 Å². The number of anilines is 1. The fourth-order valence-corrected chi connectivity index (χ4v) is 3.47. The zero-order chi connectivity index (χ0) is 17.3. The van der Waals surface area contributed by atoms with Crippen LogP contribution in [0.1, 0.15) is 34.9 Å². The smallest absolute Gasteiger partial charge is 0.274 e. The van der Waals surface area contributed by atoms with Crippen LogP contribution in [0.3, 0.4) is 0 Å². The summed E-state index contributed by atoms with van der Waals surface area (Å²) in [6.45, 7) is 9.12. The zero-order valence-electron chi connectivity index (χ0n) is 14.2. The number of amides is 1. The third-order valence-corrected chi connectivity index (χ3v) is 4.63. The van der Waals surface area contributed by atoms with Crippen LogP contribution in [0.15, 0.2) is 18.2 Å². The van der Waals surface area contributed by atoms with Gasteiger partial charge in [-0.1, -0.05) is 11.3 Å². The van der Waals surface area contributed by atoms with Crippen molar-refractivity contribution in [1.82, 2.24) is 14.8 Å². The van der Waals surface area contributed by atoms with Gasteiger partial charge in [0.1, 0.15) is 16.5 Å². The number of hydrogen-bond donors (Lipinski definition) is 1. The lowest BCUT2D eigenvalue weighted by atomic mass is 10.1. The van der Waals surface area contributed by atoms with Crippen molar-refractivity contribution in [3.63, 3.8) is 0 Å². The van der Waals surface area contributed by atoms with E-state index in [0.29, 0.717) is 24.0 Å². The molecule has 0 atom stereocenters. The predicted octanol–water partition coefficient (Wildman–Crippen LogP) is 3.78. The lowest BCUT2D eigenvalue weighted by Crippen LogP contribution is -2.17. The number of rotatable bonds is 5. The molecular weight excluding hydrogens is 324 g/mol. The van der Waals surface area contributed by atoms with Crippen molar-refractivity contribution < 1.29 is 9.53 Å². The van der Waals surface area contributed by atoms with Crippen LogP contribution in [0.25, 0.3) is 10.9 Å². The number of fused-ring (bicyclic) bond motifs is 1. The molecule has 0 saturated heterocycles. The van der Waals surface area contributed by atoms with Gasteiger partial charge in [-0.2, -0.15) is 0 Å². The molecule has 126 valence electrons. The maximum absolute atomic E-state index is 12.8. The molecule has 7 heteroatoms. The molecule has 2 aromatic heterocycles. The number of aromatic nitrogens is 3. The summed E-state index contributed by atoms with van der Waals surface area (Å²) in [5, 5.41) is 13.1. The highest BCUT2D eigenvalue weighted by atomic mass is 32.1. The molecular formula is C17H20N4O2S. The lowest BCUT2D eigenvalue weighted by molar-refractivity contribution is 0.101. The topological polar surface area (TPSA) is 69.0 Å². The van der Waals surface area contributed by atoms with Crippen LogP contribution in [0.5, 0.6) is 5.75 Å². The summed E-state index contributed by atoms with van der Waals surface area (Å²) < 4.78 is 7.60. The summed E-state index contributed by atoms with van der Waals surface area (Å²) in [6.07, 6.45) is 0. The van der Waals surface area contributed by atoms with E-state index in [9.17, 15) is 4.79 Å². The van der Waals surface area contributed by atoms with Crippen LogP contribution < -0.4 is 10.1 Å². The van der Waals surface area contributed by atoms with Crippen molar-refractivity contribution in [1.29, 1.82) is 0 Å². The van der Waals surface area contributed by atoms with E-state index >= 15 is 0 Å². The van der Waals surface area contributed by atoms with Crippen LogP contribution >= 0.6 is 11.3 Å². The zero-order valence-corrected chi connectivity index (χ0v) is 15.0. The van der Waals surface area contributed by atoms with Gasteiger partial charge in [0.2, 0.25) is 5.13 Å². The quantitative estimate of drug-likeness (QED) is 0.765. The average Bonchev–Trinajstić information content (AvgIpc) is 3.08. The Morgan fingerprint density at radius 3 is 2.71 bits per heavy atom. The number of hydrogen-bond acceptors (Lipinski definition) is 5. The number of nitrogens with one attached hydrogen (secondary N) is 1. The van der Waals surface area contributed by atoms with Gasteiger partial charge in [-0.3, -0.25) is 10.1 Å². The normalized spacial score (nSPS) is 11.0. The van der Waals surface area contributed by atoms with Crippen molar-refractivity contribution >= 4 is 33.3 Å². The minimum absolute atomic E-state index is 0.167. The molecule has 2 heterocycles. The summed E-state index contributed by atoms with van der Waals surface area (Å²) in [5.41, 5.74) is 2.61. The van der Waals surface area contributed by atoms with Crippen molar-refractivity contribution in [3.8, 4) is 5.75 Å². The van der Waals surface area contributed by atoms with Gasteiger partial charge < -0.3 is 9.30 Å². The second-order valence-corrected chi connectivity index (χ2v) is 6.59. The van der Waals surface area contributed by atoms with Crippen LogP contribution in [-0.2, 0) is 6.54 Å². The first-order valence-corrected chi connectivity index (χ1v) is 8.73. The molecule has 0 aliphatic heterocycles. The van der Waals surface area contributed by atoms with E-state index in [2.05, 4.69) is 15.5 Å². The van der Waals surface area contributed by atoms with Gasteiger partial charge in [0.15, 0.2) is 0 Å². The summed E-state index contributed by atoms with van der Waals surface area (Å²) in [4.78, 5) is 12.8. The Balaban J connectivity index is 2.05. The number of benzene rings is 1. The highest BCUT2D eigenvalue weighted by Gasteiger charge is 2.21. The van der Waals surface area contributed by atoms with Gasteiger partial charge in [-0.15, -0.1) is 10.2 Å². The van der Waals surface area contributed by atoms with E-state index in [1.54, 1.807) is 0 Å². The Morgan fingerprint density at radius 2 is 2.08 bits per heavy atom. The number of aryl methyl sites for hydroxylation is 3. The predicted molar refractivity (Wildman–Crippen MR) is 96.1 cm³/mol. The number of carbonyl (C=O) groups is 1. The summed E-state index contributed by atoms with van der Waals surface area (Å²) >= 11 is 1.36. The third kappa shape index (κ3) is 2.87. The minimum Gasteiger partial charge on any atom is -0.494 e. The summed E-state index contributed by atoms with van der Waals surface area (Å²) in [5.74, 6) is 0.646. The summed E-state index contributed by atoms with van der Waals surface area (Å²) in [6, 6.07) is 5.93. The molecule has 0 radical (unpaired) electrons. The first-order chi connectivity index (χ1) is 11.5. The van der Waals surface area contributed by atoms with Gasteiger partial charge >= 0.3 is 0 Å². The molecule has 0 aliphatic carbocycles. The fraction of sp³-hybridized carbons (Fsp3) is 0.353. The molecule has 3 rings (SSSR count). The Labute approximate surface area is 144 Å². The maximum atomic E-state index is 12.8. The molecule has 0 aliphatic rings. The van der Waals surface area contributed by atoms with Gasteiger partial charge in [-0.05, 0) is 51.5 Å². The SMILES string of the molecule is CCOc1ccc2c(c1)c(C)c(C(=O)Nc1nnc(C)s1)n2CC. The van der Waals surface area contributed by atoms with E-state index in [0.717, 1.165) is 27.2 Å². The van der Waals surface area contributed by atoms with Crippen LogP contribution in [0.2, 0.25) is 0 Å². The molecule has 6 nitrogen and oxygen atoms in total. The molecule has 0 spiro atoms. The second-order valence-electron chi connectivity index (χ2n) is 5.41. The van der Waals surface area contributed by atoms with Gasteiger partial charge in [0.25, 0.3) is 5.91 Å². The maximum Gasteiger partial charge on any atom is 0.274 e. The fourth-order valence-electron chi connectivity index (χ4n) is 2.88. The van der Waals surface area contributed by atoms with E-state index < -0.39 is 0 Å². The molecule has 1 N–H and O–H groups in total. The molecule has 1 amide bonds. The van der Waals surface area contributed by atoms with E-state index in [1.807, 2.05) is 50.5 Å². The van der Waals surface area contributed by atoms with Gasteiger partial charge in [0, 0.05) is 17.4 Å². The van der Waals surface area contributed by atoms with Crippen molar-refractivity contribution in [3.05, 3.63) is 34.5 Å². The number of carbonyl (C=O) groups excluding carboxylic acids is 1. The Morgan fingerprint density at radius 1 is 1.29 bits per heavy atom. The van der Waals surface area contributed by atoms with Crippen LogP contribution in [0, 0.1) is 13.8 Å². The third-order valence-electron chi connectivity index (χ3n) is 3.88. The van der Waals surface area contributed by atoms with E-state index in [4.69, 9.17) is 4.74 Å². The molecule has 0 unspecified atom stereocenters. The highest BCUT2D eigenvalue weighted by molar-refractivity contribution is 7.15. The molecule has 3 aromatic rings. The molecule has 1 aromatic carbocycles. The van der Waals surface area contributed by atoms with Crippen LogP contribution in [-0.4, -0.2) is 27.3 Å². The number of nitrogens with zero attached hydrogens (tertiary/aromatic N) is 3. The monoisotopic (exact) mass is 344 g/mol. The molecule has 24 heavy (non-hydrogen) atoms. The Hall–Kier alpha value is -2.41. The first kappa shape index (κ1) is 16.4. The largest absolute Gasteiger partial charge is 0.494 e. The minimum atomic E-state index is -0.167. The first-order valence-electron chi connectivity index (χ1n) is 7.92. The lowest BCUT2D eigenvalue weighted by Gasteiger charge is -2.08. The van der Waals surface area contributed by atoms with E-state index in [1.165, 1.54) is 11.3 Å². The Kier molecular flexibility index (Phi) is 4.53. The average molecular weight is 344 g/mol. The second kappa shape index (κ2) is 6.60. The van der Waals surface area contributed by atoms with Gasteiger partial charge in [0.05, 0.1) is 6.61 Å². The summed E-state index contributed by atoms with van der Waals surface area (Å²) in [7, 11) is 0. The molecule has 0 saturated carbocycles. The highest BCUT2D eigenvalue weighted by Crippen LogP contribution is 2.30. The number of ether oxygens (including phenoxy) is 1. The van der Waals surface area contributed by atoms with Crippen molar-refractivity contribution in [2.24, 2.45) is 0 Å².